The smallest absolute Gasteiger partial charge is 0.350 e. The second-order valence-electron chi connectivity index (χ2n) is 6.01. The van der Waals surface area contributed by atoms with Crippen LogP contribution in [0.3, 0.4) is 0 Å². The first-order valence-corrected chi connectivity index (χ1v) is 9.02. The second-order valence-corrected chi connectivity index (χ2v) is 7.01. The third-order valence-electron chi connectivity index (χ3n) is 3.21. The van der Waals surface area contributed by atoms with Gasteiger partial charge in [-0.3, -0.25) is 10.1 Å². The molecule has 0 saturated heterocycles. The molecule has 0 saturated carbocycles. The first-order chi connectivity index (χ1) is 12.4. The summed E-state index contributed by atoms with van der Waals surface area (Å²) in [5.41, 5.74) is 0.961. The van der Waals surface area contributed by atoms with Crippen LogP contribution in [0.15, 0.2) is 36.9 Å². The monoisotopic (exact) mass is 374 g/mol. The second kappa shape index (κ2) is 9.15. The lowest BCUT2D eigenvalue weighted by atomic mass is 10.2. The fourth-order valence-electron chi connectivity index (χ4n) is 2.00. The number of benzene rings is 1. The predicted molar refractivity (Wildman–Crippen MR) is 102 cm³/mol. The molecule has 0 aliphatic carbocycles. The van der Waals surface area contributed by atoms with Gasteiger partial charge >= 0.3 is 5.97 Å². The Hall–Kier alpha value is -2.67. The Bertz CT molecular complexity index is 799. The normalized spacial score (nSPS) is 10.5. The number of anilines is 1. The Balaban J connectivity index is 2.07. The van der Waals surface area contributed by atoms with Crippen molar-refractivity contribution in [3.63, 3.8) is 0 Å². The number of nitrogens with one attached hydrogen (secondary N) is 1. The largest absolute Gasteiger partial charge is 0.493 e. The van der Waals surface area contributed by atoms with Gasteiger partial charge < -0.3 is 9.47 Å². The van der Waals surface area contributed by atoms with Gasteiger partial charge in [0, 0.05) is 5.56 Å². The lowest BCUT2D eigenvalue weighted by Gasteiger charge is -2.09. The van der Waals surface area contributed by atoms with Crippen LogP contribution >= 0.6 is 11.3 Å². The van der Waals surface area contributed by atoms with Crippen LogP contribution in [-0.2, 0) is 4.74 Å². The van der Waals surface area contributed by atoms with Crippen molar-refractivity contribution in [1.82, 2.24) is 4.98 Å². The molecule has 7 heteroatoms. The molecule has 0 bridgehead atoms. The van der Waals surface area contributed by atoms with Crippen LogP contribution in [0.2, 0.25) is 0 Å². The number of rotatable bonds is 8. The van der Waals surface area contributed by atoms with Gasteiger partial charge in [-0.1, -0.05) is 43.9 Å². The number of carbonyl (C=O) groups is 2. The van der Waals surface area contributed by atoms with Crippen LogP contribution in [0.4, 0.5) is 5.13 Å². The molecule has 6 nitrogen and oxygen atoms in total. The van der Waals surface area contributed by atoms with E-state index in [1.807, 2.05) is 0 Å². The number of hydrogen-bond donors (Lipinski definition) is 1. The van der Waals surface area contributed by atoms with Gasteiger partial charge in [0.25, 0.3) is 5.91 Å². The Morgan fingerprint density at radius 3 is 2.85 bits per heavy atom. The zero-order chi connectivity index (χ0) is 19.1. The van der Waals surface area contributed by atoms with Crippen LogP contribution in [-0.4, -0.2) is 30.1 Å². The van der Waals surface area contributed by atoms with Crippen molar-refractivity contribution < 1.29 is 19.1 Å². The number of esters is 1. The zero-order valence-corrected chi connectivity index (χ0v) is 15.9. The molecule has 1 amide bonds. The van der Waals surface area contributed by atoms with E-state index in [0.717, 1.165) is 11.3 Å². The third-order valence-corrected chi connectivity index (χ3v) is 4.27. The van der Waals surface area contributed by atoms with E-state index in [-0.39, 0.29) is 12.5 Å². The number of ether oxygens (including phenoxy) is 2. The van der Waals surface area contributed by atoms with Crippen molar-refractivity contribution in [2.75, 3.05) is 18.5 Å². The minimum atomic E-state index is -0.482. The van der Waals surface area contributed by atoms with Crippen molar-refractivity contribution in [2.24, 2.45) is 5.92 Å². The molecule has 1 heterocycles. The highest BCUT2D eigenvalue weighted by Gasteiger charge is 2.18. The van der Waals surface area contributed by atoms with Gasteiger partial charge in [0.2, 0.25) is 0 Å². The lowest BCUT2D eigenvalue weighted by molar-refractivity contribution is 0.0554. The van der Waals surface area contributed by atoms with E-state index < -0.39 is 5.97 Å². The van der Waals surface area contributed by atoms with Crippen LogP contribution in [0.1, 0.15) is 39.6 Å². The first-order valence-electron chi connectivity index (χ1n) is 8.20. The Morgan fingerprint density at radius 1 is 1.38 bits per heavy atom. The van der Waals surface area contributed by atoms with E-state index in [4.69, 9.17) is 9.47 Å². The van der Waals surface area contributed by atoms with Gasteiger partial charge in [-0.25, -0.2) is 9.78 Å². The van der Waals surface area contributed by atoms with Gasteiger partial charge in [-0.05, 0) is 31.0 Å². The molecule has 1 aromatic carbocycles. The number of hydrogen-bond acceptors (Lipinski definition) is 6. The van der Waals surface area contributed by atoms with Gasteiger partial charge in [-0.15, -0.1) is 0 Å². The molecular formula is C19H22N2O4S. The van der Waals surface area contributed by atoms with Crippen molar-refractivity contribution in [1.29, 1.82) is 0 Å². The molecule has 0 radical (unpaired) electrons. The summed E-state index contributed by atoms with van der Waals surface area (Å²) in [6.45, 7) is 10.0. The standard InChI is InChI=1S/C19H22N2O4S/c1-5-9-24-18(23)16-13(4)20-19(26-16)21-17(22)14-7-6-8-15(10-14)25-11-12(2)3/h5-8,10,12H,1,9,11H2,2-4H3,(H,20,21,22). The maximum Gasteiger partial charge on any atom is 0.350 e. The molecular weight excluding hydrogens is 352 g/mol. The van der Waals surface area contributed by atoms with Crippen molar-refractivity contribution in [3.05, 3.63) is 53.1 Å². The highest BCUT2D eigenvalue weighted by atomic mass is 32.1. The summed E-state index contributed by atoms with van der Waals surface area (Å²) in [6.07, 6.45) is 1.49. The fraction of sp³-hybridized carbons (Fsp3) is 0.316. The summed E-state index contributed by atoms with van der Waals surface area (Å²) in [5, 5.41) is 3.05. The van der Waals surface area contributed by atoms with Gasteiger partial charge in [-0.2, -0.15) is 0 Å². The molecule has 26 heavy (non-hydrogen) atoms. The van der Waals surface area contributed by atoms with E-state index in [1.54, 1.807) is 31.2 Å². The summed E-state index contributed by atoms with van der Waals surface area (Å²) >= 11 is 1.08. The number of aromatic nitrogens is 1. The minimum Gasteiger partial charge on any atom is -0.493 e. The van der Waals surface area contributed by atoms with E-state index in [9.17, 15) is 9.59 Å². The Morgan fingerprint density at radius 2 is 2.15 bits per heavy atom. The molecule has 0 fully saturated rings. The molecule has 1 aromatic heterocycles. The molecule has 138 valence electrons. The van der Waals surface area contributed by atoms with E-state index in [2.05, 4.69) is 30.7 Å². The highest BCUT2D eigenvalue weighted by Crippen LogP contribution is 2.24. The summed E-state index contributed by atoms with van der Waals surface area (Å²) in [6, 6.07) is 6.94. The molecule has 0 aliphatic heterocycles. The number of thiazole rings is 1. The van der Waals surface area contributed by atoms with E-state index in [1.165, 1.54) is 6.08 Å². The SMILES string of the molecule is C=CCOC(=O)c1sc(NC(=O)c2cccc(OCC(C)C)c2)nc1C. The van der Waals surface area contributed by atoms with Gasteiger partial charge in [0.15, 0.2) is 5.13 Å². The topological polar surface area (TPSA) is 77.5 Å². The van der Waals surface area contributed by atoms with Crippen LogP contribution in [0.25, 0.3) is 0 Å². The van der Waals surface area contributed by atoms with E-state index >= 15 is 0 Å². The predicted octanol–water partition coefficient (Wildman–Crippen LogP) is 4.08. The van der Waals surface area contributed by atoms with E-state index in [0.29, 0.717) is 39.5 Å². The summed E-state index contributed by atoms with van der Waals surface area (Å²) < 4.78 is 10.6. The molecule has 0 aliphatic rings. The third kappa shape index (κ3) is 5.42. The summed E-state index contributed by atoms with van der Waals surface area (Å²) in [7, 11) is 0. The summed E-state index contributed by atoms with van der Waals surface area (Å²) in [5.74, 6) is 0.227. The first kappa shape index (κ1) is 19.7. The van der Waals surface area contributed by atoms with Crippen molar-refractivity contribution >= 4 is 28.3 Å². The molecule has 2 rings (SSSR count). The molecule has 1 N–H and O–H groups in total. The molecule has 0 spiro atoms. The summed E-state index contributed by atoms with van der Waals surface area (Å²) in [4.78, 5) is 28.9. The number of aryl methyl sites for hydroxylation is 1. The van der Waals surface area contributed by atoms with Gasteiger partial charge in [0.1, 0.15) is 17.2 Å². The fourth-order valence-corrected chi connectivity index (χ4v) is 2.85. The Kier molecular flexibility index (Phi) is 6.91. The minimum absolute atomic E-state index is 0.126. The van der Waals surface area contributed by atoms with Gasteiger partial charge in [0.05, 0.1) is 12.3 Å². The average molecular weight is 374 g/mol. The average Bonchev–Trinajstić information content (AvgIpc) is 2.98. The quantitative estimate of drug-likeness (QED) is 0.556. The lowest BCUT2D eigenvalue weighted by Crippen LogP contribution is -2.12. The number of amides is 1. The van der Waals surface area contributed by atoms with Crippen LogP contribution in [0.5, 0.6) is 5.75 Å². The maximum absolute atomic E-state index is 12.4. The maximum atomic E-state index is 12.4. The molecule has 0 atom stereocenters. The number of nitrogens with zero attached hydrogens (tertiary/aromatic N) is 1. The highest BCUT2D eigenvalue weighted by molar-refractivity contribution is 7.17. The molecule has 0 unspecified atom stereocenters. The molecule has 2 aromatic rings. The van der Waals surface area contributed by atoms with Crippen molar-refractivity contribution in [2.45, 2.75) is 20.8 Å². The number of carbonyl (C=O) groups excluding carboxylic acids is 2. The zero-order valence-electron chi connectivity index (χ0n) is 15.1. The van der Waals surface area contributed by atoms with Crippen LogP contribution in [0, 0.1) is 12.8 Å². The van der Waals surface area contributed by atoms with Crippen LogP contribution < -0.4 is 10.1 Å². The Labute approximate surface area is 156 Å². The van der Waals surface area contributed by atoms with Crippen molar-refractivity contribution in [3.8, 4) is 5.75 Å².